The molecule has 3 heterocycles. The number of carbonyl (C=O) groups excluding carboxylic acids is 1. The highest BCUT2D eigenvalue weighted by Gasteiger charge is 2.41. The van der Waals surface area contributed by atoms with Crippen LogP contribution in [0.2, 0.25) is 5.02 Å². The average molecular weight is 641 g/mol. The van der Waals surface area contributed by atoms with Gasteiger partial charge in [-0.25, -0.2) is 0 Å². The Morgan fingerprint density at radius 2 is 1.78 bits per heavy atom. The number of benzene rings is 3. The number of nitrogens with one attached hydrogen (secondary N) is 2. The summed E-state index contributed by atoms with van der Waals surface area (Å²) in [5.74, 6) is 1.79. The summed E-state index contributed by atoms with van der Waals surface area (Å²) in [5, 5.41) is 8.00. The molecule has 2 bridgehead atoms. The Kier molecular flexibility index (Phi) is 8.75. The average Bonchev–Trinajstić information content (AvgIpc) is 3.79. The fourth-order valence-corrected chi connectivity index (χ4v) is 7.60. The Labute approximate surface area is 277 Å². The first kappa shape index (κ1) is 31.1. The van der Waals surface area contributed by atoms with E-state index in [9.17, 15) is 4.79 Å². The second-order valence-electron chi connectivity index (χ2n) is 13.5. The minimum atomic E-state index is -0.00365. The van der Waals surface area contributed by atoms with E-state index in [-0.39, 0.29) is 24.1 Å². The summed E-state index contributed by atoms with van der Waals surface area (Å²) in [5.41, 5.74) is 9.03. The van der Waals surface area contributed by atoms with E-state index in [4.69, 9.17) is 21.1 Å². The molecule has 3 fully saturated rings. The molecule has 3 atom stereocenters. The van der Waals surface area contributed by atoms with E-state index in [1.807, 2.05) is 24.3 Å². The third-order valence-electron chi connectivity index (χ3n) is 10.3. The number of carbonyl (C=O) groups is 1. The Morgan fingerprint density at radius 1 is 1.00 bits per heavy atom. The zero-order valence-corrected chi connectivity index (χ0v) is 28.1. The molecule has 2 N–H and O–H groups in total. The van der Waals surface area contributed by atoms with E-state index in [0.29, 0.717) is 17.6 Å². The summed E-state index contributed by atoms with van der Waals surface area (Å²) < 4.78 is 12.0. The van der Waals surface area contributed by atoms with Gasteiger partial charge in [-0.15, -0.1) is 0 Å². The Balaban J connectivity index is 1.13. The third-order valence-corrected chi connectivity index (χ3v) is 10.6. The molecule has 1 amide bonds. The highest BCUT2D eigenvalue weighted by Crippen LogP contribution is 2.38. The molecule has 2 saturated heterocycles. The van der Waals surface area contributed by atoms with E-state index in [1.165, 1.54) is 22.4 Å². The molecule has 4 aliphatic rings. The van der Waals surface area contributed by atoms with Crippen molar-refractivity contribution in [2.45, 2.75) is 77.2 Å². The number of hydrogen-bond donors (Lipinski definition) is 2. The first-order valence-electron chi connectivity index (χ1n) is 16.7. The second-order valence-corrected chi connectivity index (χ2v) is 13.9. The number of anilines is 1. The molecule has 242 valence electrons. The first-order valence-corrected chi connectivity index (χ1v) is 17.1. The van der Waals surface area contributed by atoms with E-state index in [1.54, 1.807) is 7.11 Å². The minimum Gasteiger partial charge on any atom is -0.496 e. The van der Waals surface area contributed by atoms with E-state index >= 15 is 0 Å². The van der Waals surface area contributed by atoms with Gasteiger partial charge in [0, 0.05) is 55.9 Å². The van der Waals surface area contributed by atoms with Gasteiger partial charge in [-0.1, -0.05) is 35.9 Å². The van der Waals surface area contributed by atoms with Crippen molar-refractivity contribution in [1.82, 2.24) is 15.5 Å². The monoisotopic (exact) mass is 640 g/mol. The fourth-order valence-electron chi connectivity index (χ4n) is 7.34. The van der Waals surface area contributed by atoms with E-state index in [2.05, 4.69) is 71.5 Å². The van der Waals surface area contributed by atoms with Crippen LogP contribution in [-0.4, -0.2) is 68.3 Å². The van der Waals surface area contributed by atoms with Crippen LogP contribution in [0.1, 0.15) is 53.5 Å². The van der Waals surface area contributed by atoms with Crippen LogP contribution in [0.3, 0.4) is 0 Å². The molecule has 7 rings (SSSR count). The van der Waals surface area contributed by atoms with Crippen molar-refractivity contribution in [1.29, 1.82) is 0 Å². The standard InChI is InChI=1S/C38H45ClN4O3/c1-23-16-33(39)36(17-24(23)2)46-31-14-15-42(22-31)29-10-8-26(9-11-29)32-18-28-19-40-20-34(41-28)37(32)38(44)43(30-12-13-30)21-27-6-5-7-35(45-4)25(27)3/h5-11,16-17,28,30-31,34,40-41H,12-15,18-22H2,1-4H3/t28-,31-,34-/m1/s1. The molecular weight excluding hydrogens is 596 g/mol. The normalized spacial score (nSPS) is 22.6. The molecule has 1 saturated carbocycles. The molecule has 0 aromatic heterocycles. The number of aryl methyl sites for hydroxylation is 2. The predicted octanol–water partition coefficient (Wildman–Crippen LogP) is 6.21. The maximum absolute atomic E-state index is 14.6. The van der Waals surface area contributed by atoms with Crippen LogP contribution in [0, 0.1) is 20.8 Å². The van der Waals surface area contributed by atoms with Gasteiger partial charge in [0.15, 0.2) is 0 Å². The number of hydrogen-bond acceptors (Lipinski definition) is 6. The van der Waals surface area contributed by atoms with Crippen LogP contribution in [0.15, 0.2) is 60.2 Å². The van der Waals surface area contributed by atoms with E-state index < -0.39 is 0 Å². The van der Waals surface area contributed by atoms with Gasteiger partial charge < -0.3 is 29.9 Å². The lowest BCUT2D eigenvalue weighted by atomic mass is 9.83. The molecule has 0 unspecified atom stereocenters. The quantitative estimate of drug-likeness (QED) is 0.290. The predicted molar refractivity (Wildman–Crippen MR) is 185 cm³/mol. The van der Waals surface area contributed by atoms with Crippen molar-refractivity contribution in [3.05, 3.63) is 93.0 Å². The number of rotatable bonds is 9. The van der Waals surface area contributed by atoms with Gasteiger partial charge in [0.1, 0.15) is 17.6 Å². The summed E-state index contributed by atoms with van der Waals surface area (Å²) in [6.07, 6.45) is 3.98. The van der Waals surface area contributed by atoms with Gasteiger partial charge >= 0.3 is 0 Å². The molecular formula is C38H45ClN4O3. The summed E-state index contributed by atoms with van der Waals surface area (Å²) in [7, 11) is 1.70. The first-order chi connectivity index (χ1) is 22.3. The topological polar surface area (TPSA) is 66.1 Å². The van der Waals surface area contributed by atoms with Gasteiger partial charge in [-0.05, 0) is 104 Å². The van der Waals surface area contributed by atoms with Crippen molar-refractivity contribution in [3.8, 4) is 11.5 Å². The van der Waals surface area contributed by atoms with Crippen LogP contribution in [-0.2, 0) is 11.3 Å². The summed E-state index contributed by atoms with van der Waals surface area (Å²) >= 11 is 6.51. The highest BCUT2D eigenvalue weighted by atomic mass is 35.5. The van der Waals surface area contributed by atoms with Gasteiger partial charge in [0.05, 0.1) is 24.7 Å². The zero-order valence-electron chi connectivity index (χ0n) is 27.4. The van der Waals surface area contributed by atoms with Crippen molar-refractivity contribution in [2.75, 3.05) is 38.2 Å². The van der Waals surface area contributed by atoms with Crippen molar-refractivity contribution in [2.24, 2.45) is 0 Å². The number of piperazine rings is 1. The Morgan fingerprint density at radius 3 is 2.54 bits per heavy atom. The van der Waals surface area contributed by atoms with Crippen LogP contribution >= 0.6 is 11.6 Å². The molecule has 3 aromatic carbocycles. The summed E-state index contributed by atoms with van der Waals surface area (Å²) in [6.45, 7) is 10.3. The number of halogens is 1. The van der Waals surface area contributed by atoms with Gasteiger partial charge in [-0.2, -0.15) is 0 Å². The molecule has 3 aliphatic heterocycles. The van der Waals surface area contributed by atoms with Crippen molar-refractivity contribution in [3.63, 3.8) is 0 Å². The van der Waals surface area contributed by atoms with Crippen LogP contribution in [0.4, 0.5) is 5.69 Å². The lowest BCUT2D eigenvalue weighted by molar-refractivity contribution is -0.128. The Bertz CT molecular complexity index is 1650. The lowest BCUT2D eigenvalue weighted by Crippen LogP contribution is -2.60. The van der Waals surface area contributed by atoms with Crippen molar-refractivity contribution >= 4 is 28.8 Å². The second kappa shape index (κ2) is 12.9. The fraction of sp³-hybridized carbons (Fsp3) is 0.447. The van der Waals surface area contributed by atoms with Gasteiger partial charge in [-0.3, -0.25) is 4.79 Å². The molecule has 3 aromatic rings. The number of methoxy groups -OCH3 is 1. The molecule has 1 aliphatic carbocycles. The van der Waals surface area contributed by atoms with Crippen molar-refractivity contribution < 1.29 is 14.3 Å². The zero-order chi connectivity index (χ0) is 31.9. The molecule has 0 spiro atoms. The highest BCUT2D eigenvalue weighted by molar-refractivity contribution is 6.32. The van der Waals surface area contributed by atoms with Crippen LogP contribution in [0.25, 0.3) is 5.57 Å². The van der Waals surface area contributed by atoms with Gasteiger partial charge in [0.25, 0.3) is 5.91 Å². The number of ether oxygens (including phenoxy) is 2. The molecule has 8 heteroatoms. The van der Waals surface area contributed by atoms with Crippen LogP contribution < -0.4 is 25.0 Å². The number of fused-ring (bicyclic) bond motifs is 2. The lowest BCUT2D eigenvalue weighted by Gasteiger charge is -2.41. The molecule has 46 heavy (non-hydrogen) atoms. The SMILES string of the molecule is COc1cccc(CN(C(=O)C2=C(c3ccc(N4CC[C@@H](Oc5cc(C)c(C)cc5Cl)C4)cc3)C[C@@H]3CNC[C@H]2N3)C2CC2)c1C. The van der Waals surface area contributed by atoms with Gasteiger partial charge in [0.2, 0.25) is 0 Å². The largest absolute Gasteiger partial charge is 0.496 e. The molecule has 7 nitrogen and oxygen atoms in total. The number of amides is 1. The Hall–Kier alpha value is -3.52. The maximum atomic E-state index is 14.6. The van der Waals surface area contributed by atoms with E-state index in [0.717, 1.165) is 85.6 Å². The van der Waals surface area contributed by atoms with Crippen LogP contribution in [0.5, 0.6) is 11.5 Å². The minimum absolute atomic E-state index is 0.00365. The molecule has 0 radical (unpaired) electrons. The summed E-state index contributed by atoms with van der Waals surface area (Å²) in [4.78, 5) is 19.1. The summed E-state index contributed by atoms with van der Waals surface area (Å²) in [6, 6.07) is 19.6. The smallest absolute Gasteiger partial charge is 0.252 e. The maximum Gasteiger partial charge on any atom is 0.252 e. The number of nitrogens with zero attached hydrogens (tertiary/aromatic N) is 2. The third kappa shape index (κ3) is 6.25.